The maximum absolute atomic E-state index is 12.1. The zero-order chi connectivity index (χ0) is 14.6. The summed E-state index contributed by atoms with van der Waals surface area (Å²) in [7, 11) is 1.55. The zero-order valence-electron chi connectivity index (χ0n) is 12.0. The average molecular weight is 260 g/mol. The summed E-state index contributed by atoms with van der Waals surface area (Å²) in [5, 5.41) is 11.6. The number of aliphatic carboxylic acids is 1. The van der Waals surface area contributed by atoms with Crippen LogP contribution in [-0.2, 0) is 9.53 Å². The van der Waals surface area contributed by atoms with E-state index in [1.165, 1.54) is 4.90 Å². The Morgan fingerprint density at radius 3 is 2.06 bits per heavy atom. The Bertz CT molecular complexity index is 308. The first kappa shape index (κ1) is 16.7. The highest BCUT2D eigenvalue weighted by atomic mass is 16.5. The van der Waals surface area contributed by atoms with Crippen molar-refractivity contribution in [2.24, 2.45) is 0 Å². The number of nitrogens with one attached hydrogen (secondary N) is 1. The average Bonchev–Trinajstić information content (AvgIpc) is 2.10. The van der Waals surface area contributed by atoms with Gasteiger partial charge >= 0.3 is 12.0 Å². The Balaban J connectivity index is 4.82. The maximum Gasteiger partial charge on any atom is 0.323 e. The topological polar surface area (TPSA) is 78.9 Å². The van der Waals surface area contributed by atoms with Crippen molar-refractivity contribution in [1.29, 1.82) is 0 Å². The molecule has 6 nitrogen and oxygen atoms in total. The van der Waals surface area contributed by atoms with Crippen LogP contribution in [0.1, 0.15) is 34.6 Å². The van der Waals surface area contributed by atoms with Crippen LogP contribution in [-0.4, -0.2) is 53.3 Å². The van der Waals surface area contributed by atoms with Crippen molar-refractivity contribution in [3.63, 3.8) is 0 Å². The number of carbonyl (C=O) groups is 2. The number of carboxylic acid groups (broad SMARTS) is 1. The number of rotatable bonds is 5. The number of urea groups is 1. The van der Waals surface area contributed by atoms with E-state index in [-0.39, 0.29) is 6.54 Å². The second-order valence-corrected chi connectivity index (χ2v) is 5.90. The van der Waals surface area contributed by atoms with Crippen molar-refractivity contribution >= 4 is 12.0 Å². The third-order valence-corrected chi connectivity index (χ3v) is 2.30. The molecular formula is C12H24N2O4. The molecule has 0 saturated heterocycles. The molecule has 0 aliphatic heterocycles. The van der Waals surface area contributed by atoms with E-state index >= 15 is 0 Å². The minimum absolute atomic E-state index is 0.335. The summed E-state index contributed by atoms with van der Waals surface area (Å²) < 4.78 is 5.00. The van der Waals surface area contributed by atoms with Gasteiger partial charge in [-0.1, -0.05) is 0 Å². The minimum Gasteiger partial charge on any atom is -0.480 e. The quantitative estimate of drug-likeness (QED) is 0.781. The van der Waals surface area contributed by atoms with Gasteiger partial charge in [-0.25, -0.2) is 4.79 Å². The fraction of sp³-hybridized carbons (Fsp3) is 0.833. The normalized spacial score (nSPS) is 12.1. The molecular weight excluding hydrogens is 236 g/mol. The lowest BCUT2D eigenvalue weighted by molar-refractivity contribution is -0.138. The molecule has 0 radical (unpaired) electrons. The lowest BCUT2D eigenvalue weighted by Gasteiger charge is -2.37. The van der Waals surface area contributed by atoms with Crippen LogP contribution in [0, 0.1) is 0 Å². The molecule has 0 bridgehead atoms. The molecule has 106 valence electrons. The van der Waals surface area contributed by atoms with Gasteiger partial charge in [-0.2, -0.15) is 0 Å². The Kier molecular flexibility index (Phi) is 5.60. The van der Waals surface area contributed by atoms with Gasteiger partial charge in [-0.3, -0.25) is 4.79 Å². The number of ether oxygens (including phenoxy) is 1. The van der Waals surface area contributed by atoms with E-state index in [9.17, 15) is 9.59 Å². The summed E-state index contributed by atoms with van der Waals surface area (Å²) in [6, 6.07) is -0.410. The lowest BCUT2D eigenvalue weighted by Crippen LogP contribution is -2.58. The molecule has 18 heavy (non-hydrogen) atoms. The Hall–Kier alpha value is -1.30. The SMILES string of the molecule is COCC(C)(C)NC(=O)N(CC(=O)O)C(C)(C)C. The van der Waals surface area contributed by atoms with Crippen molar-refractivity contribution < 1.29 is 19.4 Å². The maximum atomic E-state index is 12.1. The molecule has 0 aromatic heterocycles. The predicted octanol–water partition coefficient (Wildman–Crippen LogP) is 1.31. The fourth-order valence-corrected chi connectivity index (χ4v) is 1.50. The van der Waals surface area contributed by atoms with Crippen LogP contribution in [0.25, 0.3) is 0 Å². The molecule has 0 rings (SSSR count). The van der Waals surface area contributed by atoms with Gasteiger partial charge in [0, 0.05) is 12.6 Å². The van der Waals surface area contributed by atoms with Gasteiger partial charge < -0.3 is 20.1 Å². The predicted molar refractivity (Wildman–Crippen MR) is 68.6 cm³/mol. The molecule has 0 aromatic rings. The molecule has 0 aromatic carbocycles. The van der Waals surface area contributed by atoms with Gasteiger partial charge in [0.15, 0.2) is 0 Å². The molecule has 2 N–H and O–H groups in total. The van der Waals surface area contributed by atoms with Crippen molar-refractivity contribution in [2.75, 3.05) is 20.3 Å². The highest BCUT2D eigenvalue weighted by Gasteiger charge is 2.31. The van der Waals surface area contributed by atoms with E-state index in [4.69, 9.17) is 9.84 Å². The first-order valence-corrected chi connectivity index (χ1v) is 5.80. The first-order chi connectivity index (χ1) is 7.99. The van der Waals surface area contributed by atoms with Gasteiger partial charge in [0.2, 0.25) is 0 Å². The van der Waals surface area contributed by atoms with Crippen LogP contribution >= 0.6 is 0 Å². The van der Waals surface area contributed by atoms with E-state index < -0.39 is 23.1 Å². The lowest BCUT2D eigenvalue weighted by atomic mass is 10.1. The van der Waals surface area contributed by atoms with E-state index in [2.05, 4.69) is 5.32 Å². The van der Waals surface area contributed by atoms with Gasteiger partial charge in [0.25, 0.3) is 0 Å². The molecule has 0 saturated carbocycles. The molecule has 0 unspecified atom stereocenters. The van der Waals surface area contributed by atoms with Crippen LogP contribution in [0.5, 0.6) is 0 Å². The summed E-state index contributed by atoms with van der Waals surface area (Å²) >= 11 is 0. The first-order valence-electron chi connectivity index (χ1n) is 5.80. The van der Waals surface area contributed by atoms with Gasteiger partial charge in [-0.15, -0.1) is 0 Å². The summed E-state index contributed by atoms with van der Waals surface area (Å²) in [6.45, 7) is 9.02. The molecule has 0 atom stereocenters. The highest BCUT2D eigenvalue weighted by molar-refractivity contribution is 5.81. The van der Waals surface area contributed by atoms with E-state index in [0.717, 1.165) is 0 Å². The monoisotopic (exact) mass is 260 g/mol. The molecule has 0 aliphatic rings. The second kappa shape index (κ2) is 6.04. The summed E-state index contributed by atoms with van der Waals surface area (Å²) in [5.74, 6) is -1.04. The van der Waals surface area contributed by atoms with E-state index in [0.29, 0.717) is 6.61 Å². The number of nitrogens with zero attached hydrogens (tertiary/aromatic N) is 1. The van der Waals surface area contributed by atoms with Crippen LogP contribution < -0.4 is 5.32 Å². The highest BCUT2D eigenvalue weighted by Crippen LogP contribution is 2.14. The standard InChI is InChI=1S/C12H24N2O4/c1-11(2,3)14(7-9(15)16)10(17)13-12(4,5)8-18-6/h7-8H2,1-6H3,(H,13,17)(H,15,16). The number of amides is 2. The molecule has 0 heterocycles. The van der Waals surface area contributed by atoms with E-state index in [1.54, 1.807) is 27.9 Å². The Morgan fingerprint density at radius 2 is 1.72 bits per heavy atom. The van der Waals surface area contributed by atoms with Crippen molar-refractivity contribution in [3.8, 4) is 0 Å². The Labute approximate surface area is 108 Å². The van der Waals surface area contributed by atoms with Crippen molar-refractivity contribution in [1.82, 2.24) is 10.2 Å². The number of hydrogen-bond acceptors (Lipinski definition) is 3. The second-order valence-electron chi connectivity index (χ2n) is 5.90. The summed E-state index contributed by atoms with van der Waals surface area (Å²) in [4.78, 5) is 24.2. The smallest absolute Gasteiger partial charge is 0.323 e. The van der Waals surface area contributed by atoms with Crippen LogP contribution in [0.3, 0.4) is 0 Å². The largest absolute Gasteiger partial charge is 0.480 e. The molecule has 0 fully saturated rings. The number of methoxy groups -OCH3 is 1. The van der Waals surface area contributed by atoms with E-state index in [1.807, 2.05) is 13.8 Å². The summed E-state index contributed by atoms with van der Waals surface area (Å²) in [6.07, 6.45) is 0. The minimum atomic E-state index is -1.04. The van der Waals surface area contributed by atoms with Gasteiger partial charge in [-0.05, 0) is 34.6 Å². The van der Waals surface area contributed by atoms with Crippen LogP contribution in [0.4, 0.5) is 4.79 Å². The van der Waals surface area contributed by atoms with Crippen LogP contribution in [0.2, 0.25) is 0 Å². The number of carboxylic acids is 1. The number of hydrogen-bond donors (Lipinski definition) is 2. The molecule has 0 spiro atoms. The van der Waals surface area contributed by atoms with Gasteiger partial charge in [0.1, 0.15) is 6.54 Å². The molecule has 2 amide bonds. The zero-order valence-corrected chi connectivity index (χ0v) is 12.0. The fourth-order valence-electron chi connectivity index (χ4n) is 1.50. The Morgan fingerprint density at radius 1 is 1.22 bits per heavy atom. The van der Waals surface area contributed by atoms with Crippen molar-refractivity contribution in [3.05, 3.63) is 0 Å². The third-order valence-electron chi connectivity index (χ3n) is 2.30. The molecule has 6 heteroatoms. The number of carbonyl (C=O) groups excluding carboxylic acids is 1. The third kappa shape index (κ3) is 5.86. The van der Waals surface area contributed by atoms with Gasteiger partial charge in [0.05, 0.1) is 12.1 Å². The van der Waals surface area contributed by atoms with Crippen molar-refractivity contribution in [2.45, 2.75) is 45.7 Å². The molecule has 0 aliphatic carbocycles. The summed E-state index contributed by atoms with van der Waals surface area (Å²) in [5.41, 5.74) is -1.11. The van der Waals surface area contributed by atoms with Crippen LogP contribution in [0.15, 0.2) is 0 Å².